The van der Waals surface area contributed by atoms with Crippen molar-refractivity contribution in [2.75, 3.05) is 11.9 Å². The molecule has 2 aliphatic heterocycles. The molecule has 1 N–H and O–H groups in total. The molecule has 0 aromatic heterocycles. The third kappa shape index (κ3) is 1.99. The molecule has 3 aliphatic rings. The van der Waals surface area contributed by atoms with Crippen molar-refractivity contribution in [3.8, 4) is 0 Å². The largest absolute Gasteiger partial charge is 0.381 e. The van der Waals surface area contributed by atoms with Gasteiger partial charge in [0.15, 0.2) is 0 Å². The summed E-state index contributed by atoms with van der Waals surface area (Å²) < 4.78 is 6.15. The van der Waals surface area contributed by atoms with Gasteiger partial charge in [0.1, 0.15) is 0 Å². The zero-order valence-corrected chi connectivity index (χ0v) is 11.7. The lowest BCUT2D eigenvalue weighted by Crippen LogP contribution is -2.45. The monoisotopic (exact) mass is 267 g/mol. The Morgan fingerprint density at radius 3 is 3.00 bits per heavy atom. The zero-order chi connectivity index (χ0) is 13.4. The Balaban J connectivity index is 1.70. The SMILES string of the molecule is C1=CCC([C@@H]2Nc3ccccc3[C@H]3OCCC[C@H]32)C=C1. The van der Waals surface area contributed by atoms with Crippen molar-refractivity contribution in [1.29, 1.82) is 0 Å². The van der Waals surface area contributed by atoms with Crippen molar-refractivity contribution < 1.29 is 4.74 Å². The van der Waals surface area contributed by atoms with E-state index < -0.39 is 0 Å². The van der Waals surface area contributed by atoms with Crippen molar-refractivity contribution in [3.63, 3.8) is 0 Å². The van der Waals surface area contributed by atoms with E-state index in [0.717, 1.165) is 13.0 Å². The van der Waals surface area contributed by atoms with Crippen LogP contribution in [0.2, 0.25) is 0 Å². The van der Waals surface area contributed by atoms with Gasteiger partial charge in [-0.2, -0.15) is 0 Å². The number of hydrogen-bond acceptors (Lipinski definition) is 2. The molecule has 1 saturated heterocycles. The van der Waals surface area contributed by atoms with Gasteiger partial charge in [-0.1, -0.05) is 42.5 Å². The van der Waals surface area contributed by atoms with Crippen LogP contribution in [0.15, 0.2) is 48.6 Å². The predicted octanol–water partition coefficient (Wildman–Crippen LogP) is 4.08. The number of fused-ring (bicyclic) bond motifs is 3. The van der Waals surface area contributed by atoms with Gasteiger partial charge in [-0.15, -0.1) is 0 Å². The van der Waals surface area contributed by atoms with Crippen LogP contribution in [0.3, 0.4) is 0 Å². The summed E-state index contributed by atoms with van der Waals surface area (Å²) in [5.41, 5.74) is 2.62. The highest BCUT2D eigenvalue weighted by Gasteiger charge is 2.41. The molecule has 2 nitrogen and oxygen atoms in total. The molecule has 104 valence electrons. The summed E-state index contributed by atoms with van der Waals surface area (Å²) in [4.78, 5) is 0. The first-order valence-electron chi connectivity index (χ1n) is 7.74. The average molecular weight is 267 g/mol. The molecule has 4 rings (SSSR count). The van der Waals surface area contributed by atoms with Crippen LogP contribution in [0.1, 0.15) is 30.9 Å². The van der Waals surface area contributed by atoms with Crippen molar-refractivity contribution in [1.82, 2.24) is 0 Å². The molecule has 0 amide bonds. The molecule has 2 heterocycles. The molecule has 1 aliphatic carbocycles. The fourth-order valence-corrected chi connectivity index (χ4v) is 3.95. The highest BCUT2D eigenvalue weighted by atomic mass is 16.5. The van der Waals surface area contributed by atoms with E-state index in [2.05, 4.69) is 53.9 Å². The first kappa shape index (κ1) is 12.2. The molecule has 0 bridgehead atoms. The third-order valence-corrected chi connectivity index (χ3v) is 4.89. The highest BCUT2D eigenvalue weighted by Crippen LogP contribution is 2.46. The molecule has 1 unspecified atom stereocenters. The van der Waals surface area contributed by atoms with Gasteiger partial charge in [-0.25, -0.2) is 0 Å². The summed E-state index contributed by atoms with van der Waals surface area (Å²) in [5, 5.41) is 3.80. The van der Waals surface area contributed by atoms with Gasteiger partial charge in [0.25, 0.3) is 0 Å². The van der Waals surface area contributed by atoms with Crippen LogP contribution in [0.4, 0.5) is 5.69 Å². The van der Waals surface area contributed by atoms with Crippen LogP contribution in [0, 0.1) is 11.8 Å². The normalized spacial score (nSPS) is 35.0. The average Bonchev–Trinajstić information content (AvgIpc) is 2.55. The van der Waals surface area contributed by atoms with Crippen molar-refractivity contribution in [2.24, 2.45) is 11.8 Å². The number of rotatable bonds is 1. The van der Waals surface area contributed by atoms with Gasteiger partial charge in [0.05, 0.1) is 6.10 Å². The number of allylic oxidation sites excluding steroid dienone is 3. The van der Waals surface area contributed by atoms with Crippen molar-refractivity contribution in [3.05, 3.63) is 54.1 Å². The number of benzene rings is 1. The van der Waals surface area contributed by atoms with Crippen molar-refractivity contribution >= 4 is 5.69 Å². The first-order valence-corrected chi connectivity index (χ1v) is 7.74. The lowest BCUT2D eigenvalue weighted by atomic mass is 9.74. The maximum Gasteiger partial charge on any atom is 0.0892 e. The topological polar surface area (TPSA) is 21.3 Å². The maximum absolute atomic E-state index is 6.15. The summed E-state index contributed by atoms with van der Waals surface area (Å²) in [6.07, 6.45) is 12.9. The van der Waals surface area contributed by atoms with E-state index in [9.17, 15) is 0 Å². The smallest absolute Gasteiger partial charge is 0.0892 e. The molecule has 0 spiro atoms. The fraction of sp³-hybridized carbons (Fsp3) is 0.444. The van der Waals surface area contributed by atoms with E-state index in [-0.39, 0.29) is 6.10 Å². The number of hydrogen-bond donors (Lipinski definition) is 1. The molecule has 1 aromatic rings. The minimum Gasteiger partial charge on any atom is -0.381 e. The number of ether oxygens (including phenoxy) is 1. The minimum atomic E-state index is 0.283. The van der Waals surface area contributed by atoms with Gasteiger partial charge in [0, 0.05) is 35.7 Å². The standard InChI is InChI=1S/C18H21NO/c1-2-7-13(8-3-1)17-15-10-6-12-20-18(15)14-9-4-5-11-16(14)19-17/h1-5,7,9,11,13,15,17-19H,6,8,10,12H2/t13?,15-,17-,18+/m0/s1. The molecule has 2 heteroatoms. The molecule has 20 heavy (non-hydrogen) atoms. The van der Waals surface area contributed by atoms with Gasteiger partial charge in [0.2, 0.25) is 0 Å². The summed E-state index contributed by atoms with van der Waals surface area (Å²) in [5.74, 6) is 1.18. The molecular formula is C18H21NO. The summed E-state index contributed by atoms with van der Waals surface area (Å²) in [6.45, 7) is 0.905. The van der Waals surface area contributed by atoms with E-state index in [0.29, 0.717) is 17.9 Å². The summed E-state index contributed by atoms with van der Waals surface area (Å²) in [7, 11) is 0. The lowest BCUT2D eigenvalue weighted by molar-refractivity contribution is -0.0417. The Morgan fingerprint density at radius 2 is 2.10 bits per heavy atom. The number of nitrogens with one attached hydrogen (secondary N) is 1. The molecule has 0 radical (unpaired) electrons. The Labute approximate surface area is 120 Å². The Morgan fingerprint density at radius 1 is 1.15 bits per heavy atom. The van der Waals surface area contributed by atoms with Gasteiger partial charge < -0.3 is 10.1 Å². The zero-order valence-electron chi connectivity index (χ0n) is 11.7. The van der Waals surface area contributed by atoms with E-state index in [1.165, 1.54) is 24.1 Å². The fourth-order valence-electron chi connectivity index (χ4n) is 3.95. The Kier molecular flexibility index (Phi) is 3.12. The number of anilines is 1. The van der Waals surface area contributed by atoms with E-state index >= 15 is 0 Å². The van der Waals surface area contributed by atoms with E-state index in [4.69, 9.17) is 4.74 Å². The van der Waals surface area contributed by atoms with Crippen LogP contribution in [-0.4, -0.2) is 12.6 Å². The lowest BCUT2D eigenvalue weighted by Gasteiger charge is -2.45. The number of para-hydroxylation sites is 1. The van der Waals surface area contributed by atoms with Crippen LogP contribution in [0.5, 0.6) is 0 Å². The molecule has 4 atom stereocenters. The quantitative estimate of drug-likeness (QED) is 0.827. The van der Waals surface area contributed by atoms with E-state index in [1.807, 2.05) is 0 Å². The summed E-state index contributed by atoms with van der Waals surface area (Å²) in [6, 6.07) is 9.15. The van der Waals surface area contributed by atoms with E-state index in [1.54, 1.807) is 0 Å². The molecule has 0 saturated carbocycles. The van der Waals surface area contributed by atoms with Gasteiger partial charge >= 0.3 is 0 Å². The maximum atomic E-state index is 6.15. The molecular weight excluding hydrogens is 246 g/mol. The highest BCUT2D eigenvalue weighted by molar-refractivity contribution is 5.56. The van der Waals surface area contributed by atoms with Crippen LogP contribution in [-0.2, 0) is 4.74 Å². The second kappa shape index (κ2) is 5.10. The Hall–Kier alpha value is -1.54. The van der Waals surface area contributed by atoms with Gasteiger partial charge in [-0.3, -0.25) is 0 Å². The van der Waals surface area contributed by atoms with Crippen molar-refractivity contribution in [2.45, 2.75) is 31.4 Å². The summed E-state index contributed by atoms with van der Waals surface area (Å²) >= 11 is 0. The minimum absolute atomic E-state index is 0.283. The predicted molar refractivity (Wildman–Crippen MR) is 81.7 cm³/mol. The van der Waals surface area contributed by atoms with Crippen LogP contribution in [0.25, 0.3) is 0 Å². The second-order valence-corrected chi connectivity index (χ2v) is 6.07. The Bertz CT molecular complexity index is 548. The first-order chi connectivity index (χ1) is 9.93. The molecule has 1 aromatic carbocycles. The van der Waals surface area contributed by atoms with Crippen LogP contribution >= 0.6 is 0 Å². The van der Waals surface area contributed by atoms with Crippen LogP contribution < -0.4 is 5.32 Å². The second-order valence-electron chi connectivity index (χ2n) is 6.07. The third-order valence-electron chi connectivity index (χ3n) is 4.89. The molecule has 1 fully saturated rings. The van der Waals surface area contributed by atoms with Gasteiger partial charge in [-0.05, 0) is 25.3 Å².